The largest absolute Gasteiger partial charge is 0.486 e. The monoisotopic (exact) mass is 595 g/mol. The lowest BCUT2D eigenvalue weighted by molar-refractivity contribution is -0.0581. The van der Waals surface area contributed by atoms with Crippen LogP contribution >= 0.6 is 0 Å². The van der Waals surface area contributed by atoms with Crippen LogP contribution in [0, 0.1) is 46.3 Å². The summed E-state index contributed by atoms with van der Waals surface area (Å²) in [7, 11) is -0.396. The van der Waals surface area contributed by atoms with E-state index in [9.17, 15) is 4.79 Å². The Morgan fingerprint density at radius 3 is 2.42 bits per heavy atom. The summed E-state index contributed by atoms with van der Waals surface area (Å²) in [6.07, 6.45) is 18.2. The quantitative estimate of drug-likeness (QED) is 0.213. The van der Waals surface area contributed by atoms with Crippen LogP contribution in [0.4, 0.5) is 4.79 Å². The fraction of sp³-hybridized carbons (Fsp3) is 0.865. The summed E-state index contributed by atoms with van der Waals surface area (Å²) in [6.45, 7) is 21.1. The second-order valence-electron chi connectivity index (χ2n) is 17.0. The van der Waals surface area contributed by atoms with Crippen molar-refractivity contribution in [1.82, 2.24) is 5.32 Å². The van der Waals surface area contributed by atoms with E-state index in [1.807, 2.05) is 39.7 Å². The van der Waals surface area contributed by atoms with Crippen molar-refractivity contribution in [2.24, 2.45) is 46.3 Å². The average molecular weight is 596 g/mol. The zero-order valence-electron chi connectivity index (χ0n) is 29.0. The minimum Gasteiger partial charge on any atom is -0.446 e. The minimum atomic E-state index is -0.396. The predicted molar refractivity (Wildman–Crippen MR) is 177 cm³/mol. The third-order valence-electron chi connectivity index (χ3n) is 13.5. The number of carbonyl (C=O) groups excluding carboxylic acids is 1. The predicted octanol–water partition coefficient (Wildman–Crippen LogP) is 9.31. The SMILES string of the molecule is CC(C)CCC[C@@H](C)[C@H]1CCC2C3CC=C4C[C@@H](OC(=O)NC/C=C/B5OC(C)(C)C(C)(C)O5)CC[C@]4(C)C3CC[C@@]21C. The Bertz CT molecular complexity index is 1050. The molecular weight excluding hydrogens is 533 g/mol. The molecule has 5 rings (SSSR count). The molecule has 1 saturated heterocycles. The zero-order valence-corrected chi connectivity index (χ0v) is 29.0. The molecule has 3 unspecified atom stereocenters. The van der Waals surface area contributed by atoms with Crippen LogP contribution in [-0.2, 0) is 14.0 Å². The molecule has 0 radical (unpaired) electrons. The number of fused-ring (bicyclic) bond motifs is 5. The third kappa shape index (κ3) is 6.53. The molecule has 3 saturated carbocycles. The third-order valence-corrected chi connectivity index (χ3v) is 13.5. The fourth-order valence-electron chi connectivity index (χ4n) is 10.2. The molecule has 4 fully saturated rings. The van der Waals surface area contributed by atoms with Crippen molar-refractivity contribution in [3.05, 3.63) is 23.7 Å². The normalized spacial score (nSPS) is 38.8. The molecule has 6 heteroatoms. The summed E-state index contributed by atoms with van der Waals surface area (Å²) in [4.78, 5) is 12.7. The smallest absolute Gasteiger partial charge is 0.446 e. The highest BCUT2D eigenvalue weighted by Crippen LogP contribution is 2.67. The van der Waals surface area contributed by atoms with E-state index in [-0.39, 0.29) is 28.8 Å². The molecule has 242 valence electrons. The van der Waals surface area contributed by atoms with E-state index in [1.54, 1.807) is 5.57 Å². The molecule has 4 aliphatic carbocycles. The number of carbonyl (C=O) groups is 1. The molecule has 5 nitrogen and oxygen atoms in total. The van der Waals surface area contributed by atoms with E-state index >= 15 is 0 Å². The zero-order chi connectivity index (χ0) is 31.2. The number of alkyl carbamates (subject to hydrolysis) is 1. The molecule has 5 aliphatic rings. The Labute approximate surface area is 263 Å². The van der Waals surface area contributed by atoms with E-state index in [0.29, 0.717) is 12.0 Å². The van der Waals surface area contributed by atoms with Gasteiger partial charge in [0.2, 0.25) is 0 Å². The number of ether oxygens (including phenoxy) is 1. The number of amides is 1. The Balaban J connectivity index is 1.12. The summed E-state index contributed by atoms with van der Waals surface area (Å²) in [5, 5.41) is 2.90. The van der Waals surface area contributed by atoms with Gasteiger partial charge in [0.05, 0.1) is 11.2 Å². The van der Waals surface area contributed by atoms with Gasteiger partial charge in [0.15, 0.2) is 0 Å². The topological polar surface area (TPSA) is 56.8 Å². The lowest BCUT2D eigenvalue weighted by atomic mass is 9.47. The van der Waals surface area contributed by atoms with Gasteiger partial charge in [0.1, 0.15) is 6.10 Å². The van der Waals surface area contributed by atoms with E-state index in [0.717, 1.165) is 54.8 Å². The summed E-state index contributed by atoms with van der Waals surface area (Å²) in [5.41, 5.74) is 1.64. The van der Waals surface area contributed by atoms with Crippen molar-refractivity contribution in [2.75, 3.05) is 6.54 Å². The van der Waals surface area contributed by atoms with Crippen molar-refractivity contribution in [1.29, 1.82) is 0 Å². The first-order valence-corrected chi connectivity index (χ1v) is 17.8. The molecule has 0 spiro atoms. The second-order valence-corrected chi connectivity index (χ2v) is 17.0. The van der Waals surface area contributed by atoms with Crippen LogP contribution in [0.25, 0.3) is 0 Å². The molecule has 1 amide bonds. The first-order chi connectivity index (χ1) is 20.2. The molecule has 1 N–H and O–H groups in total. The number of hydrogen-bond acceptors (Lipinski definition) is 4. The minimum absolute atomic E-state index is 0.0284. The Hall–Kier alpha value is -1.27. The molecule has 8 atom stereocenters. The average Bonchev–Trinajstić information content (AvgIpc) is 3.37. The van der Waals surface area contributed by atoms with Crippen LogP contribution in [-0.4, -0.2) is 37.1 Å². The summed E-state index contributed by atoms with van der Waals surface area (Å²) >= 11 is 0. The van der Waals surface area contributed by atoms with Crippen LogP contribution in [0.15, 0.2) is 23.7 Å². The van der Waals surface area contributed by atoms with Gasteiger partial charge in [-0.15, -0.1) is 0 Å². The molecule has 1 heterocycles. The number of hydrogen-bond donors (Lipinski definition) is 1. The molecule has 0 bridgehead atoms. The summed E-state index contributed by atoms with van der Waals surface area (Å²) in [5.74, 6) is 6.95. The van der Waals surface area contributed by atoms with Crippen LogP contribution < -0.4 is 5.32 Å². The van der Waals surface area contributed by atoms with Gasteiger partial charge >= 0.3 is 13.2 Å². The lowest BCUT2D eigenvalue weighted by Crippen LogP contribution is -2.51. The van der Waals surface area contributed by atoms with Crippen LogP contribution in [0.1, 0.15) is 133 Å². The maximum Gasteiger partial charge on any atom is 0.486 e. The molecule has 0 aromatic carbocycles. The van der Waals surface area contributed by atoms with E-state index in [4.69, 9.17) is 14.0 Å². The van der Waals surface area contributed by atoms with Gasteiger partial charge in [-0.05, 0) is 119 Å². The first-order valence-electron chi connectivity index (χ1n) is 17.8. The van der Waals surface area contributed by atoms with E-state index in [2.05, 4.69) is 46.0 Å². The number of allylic oxidation sites excluding steroid dienone is 1. The highest BCUT2D eigenvalue weighted by atomic mass is 16.7. The van der Waals surface area contributed by atoms with Gasteiger partial charge in [-0.1, -0.05) is 77.6 Å². The Morgan fingerprint density at radius 2 is 1.72 bits per heavy atom. The first kappa shape index (κ1) is 33.1. The number of nitrogens with one attached hydrogen (secondary N) is 1. The fourth-order valence-corrected chi connectivity index (χ4v) is 10.2. The Kier molecular flexibility index (Phi) is 9.62. The maximum atomic E-state index is 12.7. The number of rotatable bonds is 9. The summed E-state index contributed by atoms with van der Waals surface area (Å²) < 4.78 is 17.9. The van der Waals surface area contributed by atoms with Crippen molar-refractivity contribution >= 4 is 13.2 Å². The van der Waals surface area contributed by atoms with E-state index < -0.39 is 7.12 Å². The van der Waals surface area contributed by atoms with Crippen LogP contribution in [0.5, 0.6) is 0 Å². The molecule has 43 heavy (non-hydrogen) atoms. The highest BCUT2D eigenvalue weighted by molar-refractivity contribution is 6.51. The molecular formula is C37H62BNO4. The van der Waals surface area contributed by atoms with Crippen molar-refractivity contribution in [2.45, 2.75) is 150 Å². The van der Waals surface area contributed by atoms with Crippen molar-refractivity contribution < 1.29 is 18.8 Å². The van der Waals surface area contributed by atoms with Gasteiger partial charge in [0, 0.05) is 13.0 Å². The second kappa shape index (κ2) is 12.5. The van der Waals surface area contributed by atoms with Gasteiger partial charge < -0.3 is 19.4 Å². The van der Waals surface area contributed by atoms with Crippen LogP contribution in [0.3, 0.4) is 0 Å². The molecule has 0 aromatic rings. The van der Waals surface area contributed by atoms with Crippen molar-refractivity contribution in [3.63, 3.8) is 0 Å². The molecule has 1 aliphatic heterocycles. The van der Waals surface area contributed by atoms with Crippen LogP contribution in [0.2, 0.25) is 0 Å². The standard InChI is InChI=1S/C37H62BNO4/c1-25(2)12-10-13-26(3)30-16-17-31-29-15-14-27-24-28(18-20-36(27,8)32(29)19-21-37(30,31)9)41-33(40)39-23-11-22-38-42-34(4,5)35(6,7)43-38/h11,14,22,25-26,28-32H,10,12-13,15-21,23-24H2,1-9H3,(H,39,40)/b22-11+/t26-,28+,29?,30-,31?,32?,36+,37-/m1/s1. The Morgan fingerprint density at radius 1 is 1.00 bits per heavy atom. The molecule has 0 aromatic heterocycles. The highest BCUT2D eigenvalue weighted by Gasteiger charge is 2.59. The van der Waals surface area contributed by atoms with Gasteiger partial charge in [0.25, 0.3) is 0 Å². The lowest BCUT2D eigenvalue weighted by Gasteiger charge is -2.58. The van der Waals surface area contributed by atoms with E-state index in [1.165, 1.54) is 51.4 Å². The van der Waals surface area contributed by atoms with Gasteiger partial charge in [-0.25, -0.2) is 4.79 Å². The summed E-state index contributed by atoms with van der Waals surface area (Å²) in [6, 6.07) is 0. The maximum absolute atomic E-state index is 12.7. The van der Waals surface area contributed by atoms with Gasteiger partial charge in [-0.2, -0.15) is 0 Å². The van der Waals surface area contributed by atoms with Gasteiger partial charge in [-0.3, -0.25) is 0 Å². The van der Waals surface area contributed by atoms with Crippen molar-refractivity contribution in [3.8, 4) is 0 Å².